The maximum Gasteiger partial charge on any atom is 0.228 e. The van der Waals surface area contributed by atoms with Gasteiger partial charge in [0.1, 0.15) is 0 Å². The maximum absolute atomic E-state index is 12.5. The van der Waals surface area contributed by atoms with Gasteiger partial charge >= 0.3 is 0 Å². The number of hydrogen-bond acceptors (Lipinski definition) is 6. The number of nitrogens with one attached hydrogen (secondary N) is 2. The van der Waals surface area contributed by atoms with Crippen LogP contribution in [0, 0.1) is 11.8 Å². The molecule has 0 saturated carbocycles. The van der Waals surface area contributed by atoms with E-state index in [9.17, 15) is 9.90 Å². The van der Waals surface area contributed by atoms with E-state index in [0.717, 1.165) is 54.9 Å². The van der Waals surface area contributed by atoms with E-state index in [0.29, 0.717) is 6.54 Å². The highest BCUT2D eigenvalue weighted by molar-refractivity contribution is 5.92. The van der Waals surface area contributed by atoms with Crippen molar-refractivity contribution in [1.82, 2.24) is 20.3 Å². The van der Waals surface area contributed by atoms with Crippen molar-refractivity contribution in [2.75, 3.05) is 32.1 Å². The van der Waals surface area contributed by atoms with Gasteiger partial charge in [-0.2, -0.15) is 0 Å². The van der Waals surface area contributed by atoms with Crippen LogP contribution in [0.3, 0.4) is 0 Å². The van der Waals surface area contributed by atoms with E-state index in [1.165, 1.54) is 0 Å². The van der Waals surface area contributed by atoms with Gasteiger partial charge in [0, 0.05) is 38.0 Å². The molecule has 8 heteroatoms. The summed E-state index contributed by atoms with van der Waals surface area (Å²) >= 11 is 0. The van der Waals surface area contributed by atoms with Crippen molar-refractivity contribution in [1.29, 1.82) is 0 Å². The summed E-state index contributed by atoms with van der Waals surface area (Å²) in [7, 11) is 1.72. The van der Waals surface area contributed by atoms with Crippen molar-refractivity contribution in [3.63, 3.8) is 0 Å². The molecule has 1 fully saturated rings. The fourth-order valence-corrected chi connectivity index (χ4v) is 4.99. The van der Waals surface area contributed by atoms with Crippen LogP contribution in [0.25, 0.3) is 0 Å². The number of aromatic nitrogens is 3. The molecule has 2 unspecified atom stereocenters. The minimum atomic E-state index is -0.174. The van der Waals surface area contributed by atoms with E-state index >= 15 is 0 Å². The van der Waals surface area contributed by atoms with E-state index < -0.39 is 0 Å². The van der Waals surface area contributed by atoms with Crippen LogP contribution in [0.5, 0.6) is 0 Å². The van der Waals surface area contributed by atoms with Gasteiger partial charge in [-0.25, -0.2) is 0 Å². The molecular weight excluding hydrogens is 478 g/mol. The van der Waals surface area contributed by atoms with Crippen LogP contribution in [0.1, 0.15) is 55.0 Å². The Morgan fingerprint density at radius 3 is 2.68 bits per heavy atom. The average molecular weight is 518 g/mol. The zero-order valence-electron chi connectivity index (χ0n) is 22.3. The van der Waals surface area contributed by atoms with E-state index in [-0.39, 0.29) is 36.4 Å². The van der Waals surface area contributed by atoms with Crippen molar-refractivity contribution in [3.05, 3.63) is 89.8 Å². The monoisotopic (exact) mass is 517 g/mol. The molecule has 38 heavy (non-hydrogen) atoms. The number of aliphatic hydroxyl groups is 1. The molecule has 3 aromatic rings. The second kappa shape index (κ2) is 14.0. The molecule has 1 saturated heterocycles. The van der Waals surface area contributed by atoms with Gasteiger partial charge in [0.15, 0.2) is 0 Å². The van der Waals surface area contributed by atoms with E-state index in [1.807, 2.05) is 65.5 Å². The number of carbonyl (C=O) groups excluding carboxylic acids is 1. The standard InChI is InChI=1S/C30H39N5O3/c1-22(9-6-7-18-35-20-28(33-34-35)27(21-36)23-10-4-3-5-11-23)29(38-2)24-13-15-26(16-14-24)32-30(37)25-12-8-17-31-19-25/h3-6,9-11,13-16,20,22,25,27,29,31,36H,7-8,12,17-19,21H2,1-2H3,(H,32,37)/b9-6+/t22-,25?,27?,29+/m0/s1. The third-order valence-electron chi connectivity index (χ3n) is 7.17. The molecule has 3 N–H and O–H groups in total. The summed E-state index contributed by atoms with van der Waals surface area (Å²) in [6.45, 7) is 4.56. The Morgan fingerprint density at radius 2 is 2.00 bits per heavy atom. The number of amides is 1. The first-order valence-electron chi connectivity index (χ1n) is 13.5. The van der Waals surface area contributed by atoms with Gasteiger partial charge < -0.3 is 20.5 Å². The minimum Gasteiger partial charge on any atom is -0.395 e. The summed E-state index contributed by atoms with van der Waals surface area (Å²) in [5.74, 6) is 0.101. The molecule has 2 aromatic carbocycles. The van der Waals surface area contributed by atoms with Gasteiger partial charge in [-0.3, -0.25) is 9.48 Å². The molecule has 4 rings (SSSR count). The lowest BCUT2D eigenvalue weighted by Gasteiger charge is -2.23. The number of aliphatic hydroxyl groups excluding tert-OH is 1. The van der Waals surface area contributed by atoms with Crippen LogP contribution in [0.15, 0.2) is 72.9 Å². The highest BCUT2D eigenvalue weighted by atomic mass is 16.5. The first-order chi connectivity index (χ1) is 18.6. The Labute approximate surface area is 225 Å². The highest BCUT2D eigenvalue weighted by Gasteiger charge is 2.21. The quantitative estimate of drug-likeness (QED) is 0.310. The summed E-state index contributed by atoms with van der Waals surface area (Å²) in [6.07, 6.45) is 8.91. The second-order valence-corrected chi connectivity index (χ2v) is 9.94. The number of aryl methyl sites for hydroxylation is 1. The highest BCUT2D eigenvalue weighted by Crippen LogP contribution is 2.28. The third-order valence-corrected chi connectivity index (χ3v) is 7.17. The lowest BCUT2D eigenvalue weighted by atomic mass is 9.96. The summed E-state index contributed by atoms with van der Waals surface area (Å²) < 4.78 is 7.64. The van der Waals surface area contributed by atoms with Crippen LogP contribution in [0.4, 0.5) is 5.69 Å². The van der Waals surface area contributed by atoms with Crippen LogP contribution in [-0.2, 0) is 16.1 Å². The first-order valence-corrected chi connectivity index (χ1v) is 13.5. The Morgan fingerprint density at radius 1 is 1.21 bits per heavy atom. The molecule has 1 amide bonds. The van der Waals surface area contributed by atoms with Crippen molar-refractivity contribution in [3.8, 4) is 0 Å². The van der Waals surface area contributed by atoms with Gasteiger partial charge in [0.05, 0.1) is 30.2 Å². The van der Waals surface area contributed by atoms with Gasteiger partial charge in [-0.1, -0.05) is 66.8 Å². The molecule has 1 aliphatic rings. The van der Waals surface area contributed by atoms with Crippen LogP contribution in [0.2, 0.25) is 0 Å². The summed E-state index contributed by atoms with van der Waals surface area (Å²) in [5, 5.41) is 24.7. The number of allylic oxidation sites excluding steroid dienone is 1. The van der Waals surface area contributed by atoms with Crippen molar-refractivity contribution in [2.45, 2.75) is 44.8 Å². The lowest BCUT2D eigenvalue weighted by molar-refractivity contribution is -0.120. The summed E-state index contributed by atoms with van der Waals surface area (Å²) in [4.78, 5) is 12.5. The Balaban J connectivity index is 1.27. The summed E-state index contributed by atoms with van der Waals surface area (Å²) in [5.41, 5.74) is 3.67. The first kappa shape index (κ1) is 27.7. The Bertz CT molecular complexity index is 1160. The normalized spacial score (nSPS) is 18.2. The number of nitrogens with zero attached hydrogens (tertiary/aromatic N) is 3. The molecule has 1 aliphatic heterocycles. The second-order valence-electron chi connectivity index (χ2n) is 9.94. The van der Waals surface area contributed by atoms with Gasteiger partial charge in [-0.15, -0.1) is 5.10 Å². The smallest absolute Gasteiger partial charge is 0.228 e. The topological polar surface area (TPSA) is 101 Å². The molecule has 8 nitrogen and oxygen atoms in total. The van der Waals surface area contributed by atoms with Crippen molar-refractivity contribution in [2.24, 2.45) is 11.8 Å². The number of methoxy groups -OCH3 is 1. The van der Waals surface area contributed by atoms with Crippen LogP contribution < -0.4 is 10.6 Å². The Hall–Kier alpha value is -3.33. The Kier molecular flexibility index (Phi) is 10.2. The van der Waals surface area contributed by atoms with E-state index in [1.54, 1.807) is 7.11 Å². The SMILES string of the molecule is CO[C@@H](c1ccc(NC(=O)C2CCCNC2)cc1)[C@@H](C)/C=C/CCn1cc(C(CO)c2ccccc2)nn1. The number of rotatable bonds is 12. The maximum atomic E-state index is 12.5. The van der Waals surface area contributed by atoms with Gasteiger partial charge in [0.25, 0.3) is 0 Å². The zero-order chi connectivity index (χ0) is 26.7. The molecule has 0 bridgehead atoms. The minimum absolute atomic E-state index is 0.0100. The van der Waals surface area contributed by atoms with Crippen LogP contribution >= 0.6 is 0 Å². The average Bonchev–Trinajstić information content (AvgIpc) is 3.42. The number of piperidine rings is 1. The molecular formula is C30H39N5O3. The zero-order valence-corrected chi connectivity index (χ0v) is 22.3. The molecule has 2 heterocycles. The fourth-order valence-electron chi connectivity index (χ4n) is 4.99. The molecule has 0 spiro atoms. The fraction of sp³-hybridized carbons (Fsp3) is 0.433. The molecule has 0 radical (unpaired) electrons. The molecule has 1 aromatic heterocycles. The molecule has 0 aliphatic carbocycles. The van der Waals surface area contributed by atoms with Crippen molar-refractivity contribution >= 4 is 11.6 Å². The van der Waals surface area contributed by atoms with Crippen LogP contribution in [-0.4, -0.2) is 52.8 Å². The van der Waals surface area contributed by atoms with E-state index in [4.69, 9.17) is 4.74 Å². The largest absolute Gasteiger partial charge is 0.395 e. The van der Waals surface area contributed by atoms with Gasteiger partial charge in [0.2, 0.25) is 5.91 Å². The predicted molar refractivity (Wildman–Crippen MR) is 149 cm³/mol. The number of carbonyl (C=O) groups is 1. The number of hydrogen-bond donors (Lipinski definition) is 3. The number of anilines is 1. The lowest BCUT2D eigenvalue weighted by Crippen LogP contribution is -2.37. The van der Waals surface area contributed by atoms with Crippen molar-refractivity contribution < 1.29 is 14.6 Å². The van der Waals surface area contributed by atoms with Gasteiger partial charge in [-0.05, 0) is 49.1 Å². The molecule has 202 valence electrons. The summed E-state index contributed by atoms with van der Waals surface area (Å²) in [6, 6.07) is 17.8. The number of benzene rings is 2. The molecule has 4 atom stereocenters. The number of ether oxygens (including phenoxy) is 1. The third kappa shape index (κ3) is 7.37. The van der Waals surface area contributed by atoms with E-state index in [2.05, 4.69) is 40.0 Å². The predicted octanol–water partition coefficient (Wildman–Crippen LogP) is 4.31.